The van der Waals surface area contributed by atoms with Gasteiger partial charge < -0.3 is 14.6 Å². The van der Waals surface area contributed by atoms with Gasteiger partial charge in [0.05, 0.1) is 12.8 Å². The summed E-state index contributed by atoms with van der Waals surface area (Å²) >= 11 is 0. The quantitative estimate of drug-likeness (QED) is 0.885. The summed E-state index contributed by atoms with van der Waals surface area (Å²) in [4.78, 5) is 7.25. The zero-order valence-electron chi connectivity index (χ0n) is 13.0. The maximum atomic E-state index is 5.54. The molecule has 21 heavy (non-hydrogen) atoms. The van der Waals surface area contributed by atoms with Gasteiger partial charge in [-0.1, -0.05) is 0 Å². The molecule has 3 rings (SSSR count). The maximum absolute atomic E-state index is 5.54. The molecule has 0 aliphatic heterocycles. The molecule has 0 radical (unpaired) electrons. The Hall–Kier alpha value is -1.81. The Kier molecular flexibility index (Phi) is 3.97. The molecule has 2 aromatic rings. The number of nitrogens with zero attached hydrogens (tertiary/aromatic N) is 2. The van der Waals surface area contributed by atoms with Gasteiger partial charge in [-0.25, -0.2) is 4.98 Å². The summed E-state index contributed by atoms with van der Waals surface area (Å²) in [5.41, 5.74) is 3.67. The van der Waals surface area contributed by atoms with Crippen LogP contribution in [0.2, 0.25) is 0 Å². The Morgan fingerprint density at radius 2 is 2.19 bits per heavy atom. The third kappa shape index (κ3) is 3.10. The lowest BCUT2D eigenvalue weighted by Crippen LogP contribution is -2.28. The van der Waals surface area contributed by atoms with Crippen molar-refractivity contribution in [1.82, 2.24) is 10.3 Å². The van der Waals surface area contributed by atoms with E-state index in [4.69, 9.17) is 9.40 Å². The van der Waals surface area contributed by atoms with E-state index in [0.717, 1.165) is 30.4 Å². The molecule has 112 valence electrons. The Morgan fingerprint density at radius 3 is 2.81 bits per heavy atom. The first-order chi connectivity index (χ1) is 10.2. The summed E-state index contributed by atoms with van der Waals surface area (Å²) in [5.74, 6) is 2.11. The van der Waals surface area contributed by atoms with Crippen LogP contribution in [0.5, 0.6) is 0 Å². The van der Waals surface area contributed by atoms with E-state index in [0.29, 0.717) is 6.04 Å². The van der Waals surface area contributed by atoms with Gasteiger partial charge in [-0.15, -0.1) is 0 Å². The van der Waals surface area contributed by atoms with Crippen molar-refractivity contribution in [2.75, 3.05) is 11.9 Å². The van der Waals surface area contributed by atoms with Crippen LogP contribution in [0.1, 0.15) is 35.4 Å². The molecular weight excluding hydrogens is 262 g/mol. The molecule has 4 nitrogen and oxygen atoms in total. The minimum absolute atomic E-state index is 0.597. The number of rotatable bonds is 6. The lowest BCUT2D eigenvalue weighted by atomic mass is 10.1. The monoisotopic (exact) mass is 285 g/mol. The number of aryl methyl sites for hydroxylation is 2. The second-order valence-corrected chi connectivity index (χ2v) is 5.85. The van der Waals surface area contributed by atoms with Crippen molar-refractivity contribution in [3.05, 3.63) is 47.0 Å². The zero-order valence-corrected chi connectivity index (χ0v) is 13.0. The SMILES string of the molecule is CNCc1c(C)cc(C)nc1N(Cc1ccco1)C1CC1. The summed E-state index contributed by atoms with van der Waals surface area (Å²) in [7, 11) is 1.98. The predicted molar refractivity (Wildman–Crippen MR) is 84.4 cm³/mol. The summed E-state index contributed by atoms with van der Waals surface area (Å²) in [6, 6.07) is 6.74. The van der Waals surface area contributed by atoms with Crippen molar-refractivity contribution < 1.29 is 4.42 Å². The molecule has 0 aromatic carbocycles. The van der Waals surface area contributed by atoms with E-state index in [1.54, 1.807) is 6.26 Å². The number of furan rings is 1. The molecule has 0 atom stereocenters. The van der Waals surface area contributed by atoms with Crippen LogP contribution >= 0.6 is 0 Å². The van der Waals surface area contributed by atoms with Crippen LogP contribution < -0.4 is 10.2 Å². The molecule has 1 aliphatic carbocycles. The van der Waals surface area contributed by atoms with Gasteiger partial charge in [-0.2, -0.15) is 0 Å². The fraction of sp³-hybridized carbons (Fsp3) is 0.471. The summed E-state index contributed by atoms with van der Waals surface area (Å²) in [5, 5.41) is 3.27. The first-order valence-corrected chi connectivity index (χ1v) is 7.59. The van der Waals surface area contributed by atoms with Crippen molar-refractivity contribution in [2.24, 2.45) is 0 Å². The molecule has 2 heterocycles. The van der Waals surface area contributed by atoms with Crippen molar-refractivity contribution in [3.63, 3.8) is 0 Å². The predicted octanol–water partition coefficient (Wildman–Crippen LogP) is 3.18. The molecule has 1 N–H and O–H groups in total. The molecular formula is C17H23N3O. The Labute approximate surface area is 126 Å². The van der Waals surface area contributed by atoms with E-state index in [-0.39, 0.29) is 0 Å². The summed E-state index contributed by atoms with van der Waals surface area (Å²) in [6.45, 7) is 5.88. The van der Waals surface area contributed by atoms with E-state index in [1.807, 2.05) is 19.2 Å². The number of hydrogen-bond donors (Lipinski definition) is 1. The summed E-state index contributed by atoms with van der Waals surface area (Å²) in [6.07, 6.45) is 4.23. The molecule has 0 bridgehead atoms. The zero-order chi connectivity index (χ0) is 14.8. The lowest BCUT2D eigenvalue weighted by molar-refractivity contribution is 0.499. The number of aromatic nitrogens is 1. The molecule has 4 heteroatoms. The Balaban J connectivity index is 1.98. The van der Waals surface area contributed by atoms with E-state index < -0.39 is 0 Å². The van der Waals surface area contributed by atoms with Crippen LogP contribution in [0, 0.1) is 13.8 Å². The molecule has 1 fully saturated rings. The average molecular weight is 285 g/mol. The third-order valence-corrected chi connectivity index (χ3v) is 3.97. The number of anilines is 1. The largest absolute Gasteiger partial charge is 0.467 e. The van der Waals surface area contributed by atoms with Gasteiger partial charge in [-0.3, -0.25) is 0 Å². The second-order valence-electron chi connectivity index (χ2n) is 5.85. The Morgan fingerprint density at radius 1 is 1.38 bits per heavy atom. The van der Waals surface area contributed by atoms with Crippen LogP contribution in [0.25, 0.3) is 0 Å². The molecule has 1 saturated carbocycles. The van der Waals surface area contributed by atoms with Crippen molar-refractivity contribution in [3.8, 4) is 0 Å². The van der Waals surface area contributed by atoms with Gasteiger partial charge in [0.15, 0.2) is 0 Å². The van der Waals surface area contributed by atoms with Crippen LogP contribution in [0.15, 0.2) is 28.9 Å². The highest BCUT2D eigenvalue weighted by Crippen LogP contribution is 2.35. The van der Waals surface area contributed by atoms with Crippen LogP contribution in [-0.2, 0) is 13.1 Å². The van der Waals surface area contributed by atoms with Crippen molar-refractivity contribution >= 4 is 5.82 Å². The molecule has 0 unspecified atom stereocenters. The van der Waals surface area contributed by atoms with Gasteiger partial charge in [0.1, 0.15) is 11.6 Å². The molecule has 0 spiro atoms. The summed E-state index contributed by atoms with van der Waals surface area (Å²) < 4.78 is 5.54. The highest BCUT2D eigenvalue weighted by Gasteiger charge is 2.32. The minimum Gasteiger partial charge on any atom is -0.467 e. The van der Waals surface area contributed by atoms with Gasteiger partial charge in [0.25, 0.3) is 0 Å². The van der Waals surface area contributed by atoms with Gasteiger partial charge in [0.2, 0.25) is 0 Å². The normalized spacial score (nSPS) is 14.4. The van der Waals surface area contributed by atoms with Crippen LogP contribution in [-0.4, -0.2) is 18.1 Å². The van der Waals surface area contributed by atoms with E-state index >= 15 is 0 Å². The molecule has 1 aliphatic rings. The van der Waals surface area contributed by atoms with E-state index in [9.17, 15) is 0 Å². The third-order valence-electron chi connectivity index (χ3n) is 3.97. The van der Waals surface area contributed by atoms with Crippen LogP contribution in [0.3, 0.4) is 0 Å². The molecule has 0 saturated heterocycles. The van der Waals surface area contributed by atoms with Crippen LogP contribution in [0.4, 0.5) is 5.82 Å². The van der Waals surface area contributed by atoms with E-state index in [1.165, 1.54) is 24.0 Å². The first-order valence-electron chi connectivity index (χ1n) is 7.59. The van der Waals surface area contributed by atoms with Gasteiger partial charge >= 0.3 is 0 Å². The number of pyridine rings is 1. The van der Waals surface area contributed by atoms with Gasteiger partial charge in [0, 0.05) is 23.8 Å². The first kappa shape index (κ1) is 14.1. The van der Waals surface area contributed by atoms with Crippen molar-refractivity contribution in [1.29, 1.82) is 0 Å². The fourth-order valence-corrected chi connectivity index (χ4v) is 2.81. The Bertz CT molecular complexity index is 603. The second kappa shape index (κ2) is 5.90. The highest BCUT2D eigenvalue weighted by atomic mass is 16.3. The number of hydrogen-bond acceptors (Lipinski definition) is 4. The highest BCUT2D eigenvalue weighted by molar-refractivity contribution is 5.53. The molecule has 0 amide bonds. The van der Waals surface area contributed by atoms with Crippen molar-refractivity contribution in [2.45, 2.75) is 45.8 Å². The fourth-order valence-electron chi connectivity index (χ4n) is 2.81. The average Bonchev–Trinajstić information content (AvgIpc) is 3.16. The lowest BCUT2D eigenvalue weighted by Gasteiger charge is -2.26. The molecule has 2 aromatic heterocycles. The standard InChI is InChI=1S/C17H23N3O/c1-12-9-13(2)19-17(16(12)10-18-3)20(14-6-7-14)11-15-5-4-8-21-15/h4-5,8-9,14,18H,6-7,10-11H2,1-3H3. The van der Waals surface area contributed by atoms with E-state index in [2.05, 4.69) is 30.1 Å². The maximum Gasteiger partial charge on any atom is 0.134 e. The minimum atomic E-state index is 0.597. The number of nitrogens with one attached hydrogen (secondary N) is 1. The topological polar surface area (TPSA) is 41.3 Å². The smallest absolute Gasteiger partial charge is 0.134 e. The van der Waals surface area contributed by atoms with Gasteiger partial charge in [-0.05, 0) is 57.5 Å².